The van der Waals surface area contributed by atoms with Crippen LogP contribution in [-0.2, 0) is 18.7 Å². The standard InChI is InChI=1S/C28H16O8P2/c29-25(33-23-13-5-9-19-17-7-1-3-11-21(17)35-37(31)27(19)23)15-16-26(30)34-24-14-6-10-20-18-8-2-4-12-22(18)36-38(32)28(20)24/h1-16H/q+2. The summed E-state index contributed by atoms with van der Waals surface area (Å²) in [6, 6.07) is 24.1. The van der Waals surface area contributed by atoms with Gasteiger partial charge in [-0.1, -0.05) is 48.5 Å². The number of esters is 2. The van der Waals surface area contributed by atoms with E-state index in [1.165, 1.54) is 12.1 Å². The number of carbonyl (C=O) groups excluding carboxylic acids is 2. The number of hydrogen-bond donors (Lipinski definition) is 0. The monoisotopic (exact) mass is 542 g/mol. The van der Waals surface area contributed by atoms with Gasteiger partial charge < -0.3 is 9.47 Å². The van der Waals surface area contributed by atoms with Crippen molar-refractivity contribution in [3.05, 3.63) is 97.1 Å². The van der Waals surface area contributed by atoms with Crippen molar-refractivity contribution in [3.8, 4) is 11.5 Å². The normalized spacial score (nSPS) is 12.4. The molecule has 0 fully saturated rings. The third kappa shape index (κ3) is 4.26. The number of rotatable bonds is 4. The average Bonchev–Trinajstić information content (AvgIpc) is 2.92. The van der Waals surface area contributed by atoms with Crippen LogP contribution in [0.1, 0.15) is 0 Å². The summed E-state index contributed by atoms with van der Waals surface area (Å²) < 4.78 is 47.3. The van der Waals surface area contributed by atoms with Crippen molar-refractivity contribution >= 4 is 70.2 Å². The van der Waals surface area contributed by atoms with Gasteiger partial charge >= 0.3 is 27.2 Å². The van der Waals surface area contributed by atoms with Gasteiger partial charge in [-0.05, 0) is 45.5 Å². The highest BCUT2D eigenvalue weighted by Gasteiger charge is 2.24. The number of hydrogen-bond acceptors (Lipinski definition) is 8. The van der Waals surface area contributed by atoms with Gasteiger partial charge in [0.15, 0.2) is 22.7 Å². The molecule has 6 aromatic rings. The van der Waals surface area contributed by atoms with Gasteiger partial charge in [0.2, 0.25) is 0 Å². The second kappa shape index (κ2) is 9.67. The maximum absolute atomic E-state index is 12.7. The molecule has 0 N–H and O–H groups in total. The van der Waals surface area contributed by atoms with Crippen LogP contribution in [0.4, 0.5) is 0 Å². The quantitative estimate of drug-likeness (QED) is 0.0952. The zero-order valence-electron chi connectivity index (χ0n) is 19.4. The van der Waals surface area contributed by atoms with Crippen LogP contribution in [0.2, 0.25) is 0 Å². The molecular formula is C28H16O8P2+2. The fraction of sp³-hybridized carbons (Fsp3) is 0. The Morgan fingerprint density at radius 1 is 0.553 bits per heavy atom. The molecule has 0 saturated carbocycles. The smallest absolute Gasteiger partial charge is 0.418 e. The Morgan fingerprint density at radius 3 is 1.39 bits per heavy atom. The fourth-order valence-corrected chi connectivity index (χ4v) is 6.49. The minimum atomic E-state index is -2.31. The van der Waals surface area contributed by atoms with E-state index in [9.17, 15) is 18.7 Å². The van der Waals surface area contributed by atoms with Crippen LogP contribution in [0.15, 0.2) is 105 Å². The highest BCUT2D eigenvalue weighted by molar-refractivity contribution is 7.37. The first-order valence-corrected chi connectivity index (χ1v) is 13.7. The predicted octanol–water partition coefficient (Wildman–Crippen LogP) is 8.04. The van der Waals surface area contributed by atoms with Crippen LogP contribution in [0.5, 0.6) is 11.5 Å². The van der Waals surface area contributed by atoms with E-state index in [0.29, 0.717) is 21.9 Å². The molecule has 0 aliphatic carbocycles. The first kappa shape index (κ1) is 23.7. The first-order chi connectivity index (χ1) is 18.5. The summed E-state index contributed by atoms with van der Waals surface area (Å²) in [4.78, 5) is 25.0. The van der Waals surface area contributed by atoms with Gasteiger partial charge in [0, 0.05) is 33.7 Å². The van der Waals surface area contributed by atoms with Gasteiger partial charge in [-0.2, -0.15) is 0 Å². The molecule has 8 nitrogen and oxygen atoms in total. The minimum Gasteiger partial charge on any atom is -0.418 e. The molecule has 2 heterocycles. The maximum Gasteiger partial charge on any atom is 0.601 e. The van der Waals surface area contributed by atoms with E-state index in [1.54, 1.807) is 48.5 Å². The number of carbonyl (C=O) groups is 2. The Kier molecular flexibility index (Phi) is 6.04. The van der Waals surface area contributed by atoms with Gasteiger partial charge in [-0.25, -0.2) is 18.0 Å². The number of fused-ring (bicyclic) bond motifs is 6. The van der Waals surface area contributed by atoms with Crippen LogP contribution in [-0.4, -0.2) is 11.9 Å². The SMILES string of the molecule is O=C(C=CC(=O)Oc1cccc2c3ccccc3o[p+](=O)c12)Oc1cccc2c3ccccc3o[p+](=O)c12. The van der Waals surface area contributed by atoms with Gasteiger partial charge in [0.05, 0.1) is 0 Å². The summed E-state index contributed by atoms with van der Waals surface area (Å²) in [5.74, 6) is -1.63. The Labute approximate surface area is 215 Å². The van der Waals surface area contributed by atoms with Crippen LogP contribution >= 0.6 is 15.3 Å². The molecule has 10 heteroatoms. The molecule has 4 aromatic carbocycles. The number of benzene rings is 4. The van der Waals surface area contributed by atoms with Gasteiger partial charge in [0.1, 0.15) is 0 Å². The third-order valence-corrected chi connectivity index (χ3v) is 8.23. The number of ether oxygens (including phenoxy) is 2. The Bertz CT molecular complexity index is 1930. The third-order valence-electron chi connectivity index (χ3n) is 5.86. The van der Waals surface area contributed by atoms with Crippen LogP contribution < -0.4 is 9.47 Å². The molecule has 2 atom stereocenters. The van der Waals surface area contributed by atoms with E-state index in [-0.39, 0.29) is 21.7 Å². The highest BCUT2D eigenvalue weighted by Crippen LogP contribution is 2.42. The molecule has 0 saturated heterocycles. The molecule has 0 bridgehead atoms. The van der Waals surface area contributed by atoms with Gasteiger partial charge in [-0.3, -0.25) is 0 Å². The molecule has 0 aliphatic rings. The molecule has 0 amide bonds. The molecule has 0 spiro atoms. The molecule has 0 aliphatic heterocycles. The number of para-hydroxylation sites is 2. The average molecular weight is 542 g/mol. The largest absolute Gasteiger partial charge is 0.601 e. The lowest BCUT2D eigenvalue weighted by atomic mass is 10.1. The lowest BCUT2D eigenvalue weighted by Crippen LogP contribution is -2.08. The first-order valence-electron chi connectivity index (χ1n) is 11.4. The van der Waals surface area contributed by atoms with E-state index >= 15 is 0 Å². The van der Waals surface area contributed by atoms with Crippen molar-refractivity contribution in [2.75, 3.05) is 0 Å². The van der Waals surface area contributed by atoms with Crippen molar-refractivity contribution in [3.63, 3.8) is 0 Å². The van der Waals surface area contributed by atoms with Crippen molar-refractivity contribution in [2.24, 2.45) is 0 Å². The lowest BCUT2D eigenvalue weighted by molar-refractivity contribution is -0.131. The Morgan fingerprint density at radius 2 is 0.947 bits per heavy atom. The molecule has 184 valence electrons. The minimum absolute atomic E-state index is 0.0612. The van der Waals surface area contributed by atoms with Crippen molar-refractivity contribution in [1.29, 1.82) is 0 Å². The molecule has 2 aromatic heterocycles. The van der Waals surface area contributed by atoms with Crippen LogP contribution in [0.3, 0.4) is 0 Å². The zero-order chi connectivity index (χ0) is 26.2. The van der Waals surface area contributed by atoms with Crippen LogP contribution in [0.25, 0.3) is 42.9 Å². The molecule has 6 rings (SSSR count). The summed E-state index contributed by atoms with van der Waals surface area (Å²) in [6.07, 6.45) is 1.79. The van der Waals surface area contributed by atoms with Crippen molar-refractivity contribution < 1.29 is 36.6 Å². The topological polar surface area (TPSA) is 113 Å². The zero-order valence-corrected chi connectivity index (χ0v) is 21.2. The van der Waals surface area contributed by atoms with Crippen LogP contribution in [0, 0.1) is 0 Å². The predicted molar refractivity (Wildman–Crippen MR) is 143 cm³/mol. The molecule has 38 heavy (non-hydrogen) atoms. The second-order valence-electron chi connectivity index (χ2n) is 8.17. The summed E-state index contributed by atoms with van der Waals surface area (Å²) in [5.41, 5.74) is 0.955. The van der Waals surface area contributed by atoms with E-state index in [0.717, 1.165) is 22.9 Å². The van der Waals surface area contributed by atoms with E-state index in [1.807, 2.05) is 24.3 Å². The summed E-state index contributed by atoms with van der Waals surface area (Å²) in [6.45, 7) is 0. The molecule has 2 unspecified atom stereocenters. The van der Waals surface area contributed by atoms with Gasteiger partial charge in [-0.15, -0.1) is 0 Å². The lowest BCUT2D eigenvalue weighted by Gasteiger charge is -2.03. The Hall–Kier alpha value is -4.64. The second-order valence-corrected chi connectivity index (χ2v) is 10.5. The maximum atomic E-state index is 12.7. The summed E-state index contributed by atoms with van der Waals surface area (Å²) in [7, 11) is -4.62. The van der Waals surface area contributed by atoms with Crippen molar-refractivity contribution in [2.45, 2.75) is 0 Å². The highest BCUT2D eigenvalue weighted by atomic mass is 31.1. The van der Waals surface area contributed by atoms with E-state index in [4.69, 9.17) is 17.9 Å². The summed E-state index contributed by atoms with van der Waals surface area (Å²) in [5, 5.41) is 3.23. The van der Waals surface area contributed by atoms with E-state index in [2.05, 4.69) is 0 Å². The Balaban J connectivity index is 1.26. The van der Waals surface area contributed by atoms with Gasteiger partial charge in [0.25, 0.3) is 10.2 Å². The molecular weight excluding hydrogens is 526 g/mol. The van der Waals surface area contributed by atoms with Crippen molar-refractivity contribution in [1.82, 2.24) is 0 Å². The fourth-order valence-electron chi connectivity index (χ4n) is 4.25. The van der Waals surface area contributed by atoms with E-state index < -0.39 is 27.2 Å². The molecule has 0 radical (unpaired) electrons. The summed E-state index contributed by atoms with van der Waals surface area (Å²) >= 11 is 0.